The summed E-state index contributed by atoms with van der Waals surface area (Å²) in [5.74, 6) is 3.34. The fraction of sp³-hybridized carbons (Fsp3) is 0.812. The molecule has 0 amide bonds. The molecule has 1 fully saturated rings. The number of aliphatic carboxylic acids is 1. The number of thioether (sulfide) groups is 1. The van der Waals surface area contributed by atoms with Gasteiger partial charge in [0, 0.05) is 6.42 Å². The first-order valence-corrected chi connectivity index (χ1v) is 8.88. The fourth-order valence-corrected chi connectivity index (χ4v) is 4.11. The molecule has 0 saturated carbocycles. The highest BCUT2D eigenvalue weighted by Crippen LogP contribution is 2.33. The molecule has 0 aromatic heterocycles. The van der Waals surface area contributed by atoms with Crippen molar-refractivity contribution in [2.75, 3.05) is 24.7 Å². The number of rotatable bonds is 11. The average molecular weight is 300 g/mol. The van der Waals surface area contributed by atoms with Crippen molar-refractivity contribution in [3.8, 4) is 0 Å². The summed E-state index contributed by atoms with van der Waals surface area (Å²) in [7, 11) is 0. The second-order valence-corrected chi connectivity index (χ2v) is 6.59. The van der Waals surface area contributed by atoms with Crippen LogP contribution < -0.4 is 0 Å². The number of hydrogen-bond acceptors (Lipinski definition) is 3. The molecule has 1 saturated heterocycles. The molecular weight excluding hydrogens is 272 g/mol. The topological polar surface area (TPSA) is 46.5 Å². The summed E-state index contributed by atoms with van der Waals surface area (Å²) in [6, 6.07) is 0. The highest BCUT2D eigenvalue weighted by atomic mass is 32.2. The van der Waals surface area contributed by atoms with Crippen LogP contribution in [0.2, 0.25) is 0 Å². The number of carboxylic acid groups (broad SMARTS) is 1. The summed E-state index contributed by atoms with van der Waals surface area (Å²) in [4.78, 5) is 10.4. The zero-order valence-corrected chi connectivity index (χ0v) is 13.4. The van der Waals surface area contributed by atoms with Gasteiger partial charge in [-0.3, -0.25) is 4.79 Å². The Hall–Kier alpha value is -0.480. The molecule has 1 aliphatic rings. The van der Waals surface area contributed by atoms with Gasteiger partial charge in [0.05, 0.1) is 13.2 Å². The third-order valence-corrected chi connectivity index (χ3v) is 5.16. The number of ether oxygens (including phenoxy) is 1. The molecule has 0 bridgehead atoms. The van der Waals surface area contributed by atoms with E-state index in [0.717, 1.165) is 32.0 Å². The van der Waals surface area contributed by atoms with Crippen LogP contribution in [0.3, 0.4) is 0 Å². The van der Waals surface area contributed by atoms with Crippen molar-refractivity contribution in [3.05, 3.63) is 12.2 Å². The third-order valence-electron chi connectivity index (χ3n) is 3.83. The van der Waals surface area contributed by atoms with Gasteiger partial charge in [-0.05, 0) is 43.1 Å². The predicted octanol–water partition coefficient (Wildman–Crippen LogP) is 3.98. The summed E-state index contributed by atoms with van der Waals surface area (Å²) in [6.45, 7) is 3.64. The van der Waals surface area contributed by atoms with Crippen molar-refractivity contribution in [2.24, 2.45) is 11.8 Å². The third kappa shape index (κ3) is 7.95. The van der Waals surface area contributed by atoms with Gasteiger partial charge in [0.1, 0.15) is 0 Å². The average Bonchev–Trinajstić information content (AvgIpc) is 2.86. The lowest BCUT2D eigenvalue weighted by atomic mass is 9.91. The Labute approximate surface area is 127 Å². The van der Waals surface area contributed by atoms with Gasteiger partial charge in [0.25, 0.3) is 0 Å². The Morgan fingerprint density at radius 3 is 2.75 bits per heavy atom. The number of carboxylic acids is 1. The first-order chi connectivity index (χ1) is 9.74. The monoisotopic (exact) mass is 300 g/mol. The summed E-state index contributed by atoms with van der Waals surface area (Å²) < 4.78 is 5.69. The van der Waals surface area contributed by atoms with Gasteiger partial charge in [0.2, 0.25) is 0 Å². The van der Waals surface area contributed by atoms with Crippen LogP contribution in [0.15, 0.2) is 12.2 Å². The molecule has 2 unspecified atom stereocenters. The Morgan fingerprint density at radius 2 is 2.00 bits per heavy atom. The van der Waals surface area contributed by atoms with Gasteiger partial charge < -0.3 is 9.84 Å². The van der Waals surface area contributed by atoms with Crippen LogP contribution in [-0.2, 0) is 9.53 Å². The first kappa shape index (κ1) is 17.6. The van der Waals surface area contributed by atoms with Crippen LogP contribution in [0, 0.1) is 11.8 Å². The molecule has 3 nitrogen and oxygen atoms in total. The maximum atomic E-state index is 10.4. The van der Waals surface area contributed by atoms with Gasteiger partial charge in [-0.25, -0.2) is 0 Å². The van der Waals surface area contributed by atoms with Crippen LogP contribution >= 0.6 is 11.8 Å². The van der Waals surface area contributed by atoms with E-state index in [0.29, 0.717) is 12.3 Å². The van der Waals surface area contributed by atoms with Gasteiger partial charge in [-0.1, -0.05) is 31.4 Å². The maximum absolute atomic E-state index is 10.4. The molecule has 0 aliphatic carbocycles. The lowest BCUT2D eigenvalue weighted by Crippen LogP contribution is -2.18. The summed E-state index contributed by atoms with van der Waals surface area (Å²) in [5.41, 5.74) is 0. The van der Waals surface area contributed by atoms with Crippen molar-refractivity contribution >= 4 is 17.7 Å². The van der Waals surface area contributed by atoms with Crippen molar-refractivity contribution in [2.45, 2.75) is 45.4 Å². The van der Waals surface area contributed by atoms with Crippen molar-refractivity contribution in [3.63, 3.8) is 0 Å². The second kappa shape index (κ2) is 11.2. The highest BCUT2D eigenvalue weighted by Gasteiger charge is 2.27. The SMILES string of the molecule is CC=CCOCC1CSCC1CCCCCCC(=O)O. The smallest absolute Gasteiger partial charge is 0.303 e. The zero-order chi connectivity index (χ0) is 14.6. The Kier molecular flexibility index (Phi) is 9.85. The summed E-state index contributed by atoms with van der Waals surface area (Å²) in [5, 5.41) is 8.58. The minimum atomic E-state index is -0.671. The largest absolute Gasteiger partial charge is 0.481 e. The van der Waals surface area contributed by atoms with E-state index in [-0.39, 0.29) is 0 Å². The lowest BCUT2D eigenvalue weighted by molar-refractivity contribution is -0.137. The minimum absolute atomic E-state index is 0.320. The highest BCUT2D eigenvalue weighted by molar-refractivity contribution is 7.99. The predicted molar refractivity (Wildman–Crippen MR) is 85.3 cm³/mol. The lowest BCUT2D eigenvalue weighted by Gasteiger charge is -2.18. The van der Waals surface area contributed by atoms with Crippen LogP contribution in [0.5, 0.6) is 0 Å². The molecule has 1 rings (SSSR count). The van der Waals surface area contributed by atoms with Gasteiger partial charge in [-0.2, -0.15) is 11.8 Å². The van der Waals surface area contributed by atoms with Crippen molar-refractivity contribution in [1.82, 2.24) is 0 Å². The summed E-state index contributed by atoms with van der Waals surface area (Å²) in [6.07, 6.45) is 9.95. The minimum Gasteiger partial charge on any atom is -0.481 e. The molecule has 0 aromatic rings. The fourth-order valence-electron chi connectivity index (χ4n) is 2.57. The Balaban J connectivity index is 2.04. The molecule has 1 N–H and O–H groups in total. The molecule has 4 heteroatoms. The van der Waals surface area contributed by atoms with Crippen molar-refractivity contribution < 1.29 is 14.6 Å². The molecule has 116 valence electrons. The van der Waals surface area contributed by atoms with Crippen LogP contribution in [0.1, 0.15) is 45.4 Å². The second-order valence-electron chi connectivity index (χ2n) is 5.51. The van der Waals surface area contributed by atoms with E-state index in [1.54, 1.807) is 0 Å². The maximum Gasteiger partial charge on any atom is 0.303 e. The molecule has 1 aliphatic heterocycles. The number of allylic oxidation sites excluding steroid dienone is 1. The molecule has 0 radical (unpaired) electrons. The molecule has 0 aromatic carbocycles. The van der Waals surface area contributed by atoms with Gasteiger partial charge in [-0.15, -0.1) is 0 Å². The summed E-state index contributed by atoms with van der Waals surface area (Å²) >= 11 is 2.05. The van der Waals surface area contributed by atoms with E-state index < -0.39 is 5.97 Å². The van der Waals surface area contributed by atoms with E-state index in [1.807, 2.05) is 13.0 Å². The van der Waals surface area contributed by atoms with Gasteiger partial charge in [0.15, 0.2) is 0 Å². The van der Waals surface area contributed by atoms with Crippen molar-refractivity contribution in [1.29, 1.82) is 0 Å². The zero-order valence-electron chi connectivity index (χ0n) is 12.6. The van der Waals surface area contributed by atoms with E-state index in [4.69, 9.17) is 9.84 Å². The van der Waals surface area contributed by atoms with E-state index in [9.17, 15) is 4.79 Å². The van der Waals surface area contributed by atoms with Crippen LogP contribution in [-0.4, -0.2) is 35.8 Å². The number of unbranched alkanes of at least 4 members (excludes halogenated alkanes) is 3. The van der Waals surface area contributed by atoms with E-state index >= 15 is 0 Å². The number of hydrogen-bond donors (Lipinski definition) is 1. The number of carbonyl (C=O) groups is 1. The molecule has 2 atom stereocenters. The Morgan fingerprint density at radius 1 is 1.25 bits per heavy atom. The van der Waals surface area contributed by atoms with E-state index in [2.05, 4.69) is 17.8 Å². The molecular formula is C16H28O3S. The van der Waals surface area contributed by atoms with Crippen LogP contribution in [0.4, 0.5) is 0 Å². The van der Waals surface area contributed by atoms with E-state index in [1.165, 1.54) is 30.8 Å². The standard InChI is InChI=1S/C16H28O3S/c1-2-3-10-19-11-15-13-20-12-14(15)8-6-4-5-7-9-16(17)18/h2-3,14-15H,4-13H2,1H3,(H,17,18). The Bertz CT molecular complexity index is 291. The normalized spacial score (nSPS) is 22.6. The first-order valence-electron chi connectivity index (χ1n) is 7.72. The van der Waals surface area contributed by atoms with Crippen LogP contribution in [0.25, 0.3) is 0 Å². The molecule has 0 spiro atoms. The molecule has 1 heterocycles. The molecule has 20 heavy (non-hydrogen) atoms. The van der Waals surface area contributed by atoms with Gasteiger partial charge >= 0.3 is 5.97 Å². The quantitative estimate of drug-likeness (QED) is 0.463.